The van der Waals surface area contributed by atoms with Crippen LogP contribution in [0.15, 0.2) is 48.5 Å². The second-order valence-electron chi connectivity index (χ2n) is 6.90. The fourth-order valence-electron chi connectivity index (χ4n) is 3.79. The van der Waals surface area contributed by atoms with E-state index in [-0.39, 0.29) is 11.8 Å². The maximum absolute atomic E-state index is 12.7. The molecule has 2 aromatic rings. The summed E-state index contributed by atoms with van der Waals surface area (Å²) in [5.74, 6) is -0.176. The van der Waals surface area contributed by atoms with Crippen LogP contribution in [0, 0.1) is 0 Å². The summed E-state index contributed by atoms with van der Waals surface area (Å²) >= 11 is 0. The topological polar surface area (TPSA) is 61.4 Å². The van der Waals surface area contributed by atoms with Crippen molar-refractivity contribution in [1.82, 2.24) is 5.32 Å². The van der Waals surface area contributed by atoms with Crippen LogP contribution in [0.3, 0.4) is 0 Å². The van der Waals surface area contributed by atoms with E-state index in [1.54, 1.807) is 0 Å². The van der Waals surface area contributed by atoms with Gasteiger partial charge in [0.25, 0.3) is 0 Å². The van der Waals surface area contributed by atoms with Crippen molar-refractivity contribution in [3.63, 3.8) is 0 Å². The van der Waals surface area contributed by atoms with E-state index in [9.17, 15) is 9.59 Å². The standard InChI is InChI=1S/C21H23N3O2/c25-20-12-6-3-9-17(22-20)21(26)23-16-8-2-5-11-19(16)24-14-13-15-7-1-4-10-18(15)24/h1-2,4-5,7-8,10-11,17H,3,6,9,12-14H2,(H,22,25)(H,23,26)/t17-/m1/s1. The van der Waals surface area contributed by atoms with Gasteiger partial charge in [-0.25, -0.2) is 0 Å². The maximum Gasteiger partial charge on any atom is 0.247 e. The SMILES string of the molecule is O=C1CCCC[C@H](C(=O)Nc2ccccc2N2CCc3ccccc32)N1. The number of nitrogens with zero attached hydrogens (tertiary/aromatic N) is 1. The van der Waals surface area contributed by atoms with Crippen LogP contribution >= 0.6 is 0 Å². The van der Waals surface area contributed by atoms with E-state index >= 15 is 0 Å². The van der Waals surface area contributed by atoms with E-state index in [2.05, 4.69) is 33.7 Å². The fourth-order valence-corrected chi connectivity index (χ4v) is 3.79. The van der Waals surface area contributed by atoms with E-state index in [1.165, 1.54) is 11.3 Å². The van der Waals surface area contributed by atoms with Gasteiger partial charge in [0.1, 0.15) is 6.04 Å². The van der Waals surface area contributed by atoms with Gasteiger partial charge in [0.05, 0.1) is 11.4 Å². The molecule has 2 aliphatic heterocycles. The summed E-state index contributed by atoms with van der Waals surface area (Å²) in [5, 5.41) is 5.88. The predicted octanol–water partition coefficient (Wildman–Crippen LogP) is 3.38. The lowest BCUT2D eigenvalue weighted by atomic mass is 10.1. The molecule has 0 bridgehead atoms. The summed E-state index contributed by atoms with van der Waals surface area (Å²) in [5.41, 5.74) is 4.29. The highest BCUT2D eigenvalue weighted by atomic mass is 16.2. The lowest BCUT2D eigenvalue weighted by Gasteiger charge is -2.24. The van der Waals surface area contributed by atoms with Gasteiger partial charge < -0.3 is 15.5 Å². The number of anilines is 3. The first-order valence-electron chi connectivity index (χ1n) is 9.27. The van der Waals surface area contributed by atoms with Gasteiger partial charge in [-0.05, 0) is 43.0 Å². The van der Waals surface area contributed by atoms with Crippen LogP contribution in [0.1, 0.15) is 31.2 Å². The number of hydrogen-bond donors (Lipinski definition) is 2. The third-order valence-electron chi connectivity index (χ3n) is 5.14. The van der Waals surface area contributed by atoms with E-state index in [0.29, 0.717) is 12.8 Å². The van der Waals surface area contributed by atoms with E-state index in [4.69, 9.17) is 0 Å². The fraction of sp³-hybridized carbons (Fsp3) is 0.333. The molecule has 1 atom stereocenters. The normalized spacial score (nSPS) is 19.5. The van der Waals surface area contributed by atoms with Gasteiger partial charge in [-0.3, -0.25) is 9.59 Å². The number of hydrogen-bond acceptors (Lipinski definition) is 3. The van der Waals surface area contributed by atoms with Gasteiger partial charge in [-0.2, -0.15) is 0 Å². The van der Waals surface area contributed by atoms with Crippen LogP contribution in [0.5, 0.6) is 0 Å². The Bertz CT molecular complexity index is 834. The average Bonchev–Trinajstić information content (AvgIpc) is 2.96. The summed E-state index contributed by atoms with van der Waals surface area (Å²) in [6, 6.07) is 15.8. The van der Waals surface area contributed by atoms with Crippen LogP contribution in [-0.4, -0.2) is 24.4 Å². The summed E-state index contributed by atoms with van der Waals surface area (Å²) < 4.78 is 0. The Hall–Kier alpha value is -2.82. The number of carbonyl (C=O) groups excluding carboxylic acids is 2. The van der Waals surface area contributed by atoms with Gasteiger partial charge >= 0.3 is 0 Å². The molecule has 2 amide bonds. The zero-order chi connectivity index (χ0) is 17.9. The first-order valence-corrected chi connectivity index (χ1v) is 9.27. The number of para-hydroxylation sites is 3. The molecule has 0 radical (unpaired) electrons. The highest BCUT2D eigenvalue weighted by Gasteiger charge is 2.26. The van der Waals surface area contributed by atoms with Gasteiger partial charge in [-0.1, -0.05) is 36.8 Å². The molecule has 2 heterocycles. The van der Waals surface area contributed by atoms with Crippen LogP contribution < -0.4 is 15.5 Å². The molecule has 0 aromatic heterocycles. The minimum Gasteiger partial charge on any atom is -0.344 e. The third kappa shape index (κ3) is 3.29. The summed E-state index contributed by atoms with van der Waals surface area (Å²) in [7, 11) is 0. The summed E-state index contributed by atoms with van der Waals surface area (Å²) in [6.45, 7) is 0.895. The highest BCUT2D eigenvalue weighted by molar-refractivity contribution is 6.00. The Morgan fingerprint density at radius 1 is 1.00 bits per heavy atom. The molecule has 0 spiro atoms. The lowest BCUT2D eigenvalue weighted by molar-refractivity contribution is -0.125. The molecular weight excluding hydrogens is 326 g/mol. The average molecular weight is 349 g/mol. The summed E-state index contributed by atoms with van der Waals surface area (Å²) in [4.78, 5) is 26.7. The van der Waals surface area contributed by atoms with Gasteiger partial charge in [0, 0.05) is 18.7 Å². The van der Waals surface area contributed by atoms with Gasteiger partial charge in [-0.15, -0.1) is 0 Å². The number of benzene rings is 2. The molecule has 134 valence electrons. The van der Waals surface area contributed by atoms with Crippen LogP contribution in [0.25, 0.3) is 0 Å². The number of rotatable bonds is 3. The Morgan fingerprint density at radius 2 is 1.77 bits per heavy atom. The molecule has 2 aliphatic rings. The number of amides is 2. The number of fused-ring (bicyclic) bond motifs is 1. The van der Waals surface area contributed by atoms with E-state index in [1.807, 2.05) is 30.3 Å². The van der Waals surface area contributed by atoms with Crippen molar-refractivity contribution in [1.29, 1.82) is 0 Å². The molecule has 1 fully saturated rings. The van der Waals surface area contributed by atoms with Crippen molar-refractivity contribution in [2.75, 3.05) is 16.8 Å². The molecule has 0 aliphatic carbocycles. The molecule has 5 heteroatoms. The zero-order valence-electron chi connectivity index (χ0n) is 14.7. The van der Waals surface area contributed by atoms with Crippen molar-refractivity contribution >= 4 is 28.9 Å². The number of carbonyl (C=O) groups is 2. The minimum atomic E-state index is -0.455. The third-order valence-corrected chi connectivity index (χ3v) is 5.14. The Labute approximate surface area is 153 Å². The predicted molar refractivity (Wildman–Crippen MR) is 103 cm³/mol. The van der Waals surface area contributed by atoms with Crippen molar-refractivity contribution < 1.29 is 9.59 Å². The minimum absolute atomic E-state index is 0.0376. The van der Waals surface area contributed by atoms with Gasteiger partial charge in [0.15, 0.2) is 0 Å². The second-order valence-corrected chi connectivity index (χ2v) is 6.90. The molecule has 1 saturated heterocycles. The van der Waals surface area contributed by atoms with Crippen molar-refractivity contribution in [2.24, 2.45) is 0 Å². The molecule has 0 saturated carbocycles. The second kappa shape index (κ2) is 7.20. The van der Waals surface area contributed by atoms with Crippen LogP contribution in [-0.2, 0) is 16.0 Å². The van der Waals surface area contributed by atoms with Crippen molar-refractivity contribution in [2.45, 2.75) is 38.1 Å². The van der Waals surface area contributed by atoms with E-state index < -0.39 is 6.04 Å². The van der Waals surface area contributed by atoms with E-state index in [0.717, 1.165) is 37.2 Å². The Morgan fingerprint density at radius 3 is 2.65 bits per heavy atom. The smallest absolute Gasteiger partial charge is 0.247 e. The monoisotopic (exact) mass is 349 g/mol. The maximum atomic E-state index is 12.7. The zero-order valence-corrected chi connectivity index (χ0v) is 14.7. The molecular formula is C21H23N3O2. The first-order chi connectivity index (χ1) is 12.7. The number of nitrogens with one attached hydrogen (secondary N) is 2. The highest BCUT2D eigenvalue weighted by Crippen LogP contribution is 2.38. The van der Waals surface area contributed by atoms with Gasteiger partial charge in [0.2, 0.25) is 11.8 Å². The molecule has 4 rings (SSSR count). The molecule has 2 aromatic carbocycles. The Balaban J connectivity index is 1.57. The first kappa shape index (κ1) is 16.6. The van der Waals surface area contributed by atoms with Crippen LogP contribution in [0.4, 0.5) is 17.1 Å². The van der Waals surface area contributed by atoms with Crippen molar-refractivity contribution in [3.05, 3.63) is 54.1 Å². The summed E-state index contributed by atoms with van der Waals surface area (Å²) in [6.07, 6.45) is 3.92. The Kier molecular flexibility index (Phi) is 4.61. The molecule has 5 nitrogen and oxygen atoms in total. The van der Waals surface area contributed by atoms with Crippen molar-refractivity contribution in [3.8, 4) is 0 Å². The quantitative estimate of drug-likeness (QED) is 0.893. The lowest BCUT2D eigenvalue weighted by Crippen LogP contribution is -2.42. The molecule has 2 N–H and O–H groups in total. The van der Waals surface area contributed by atoms with Crippen LogP contribution in [0.2, 0.25) is 0 Å². The largest absolute Gasteiger partial charge is 0.344 e. The molecule has 0 unspecified atom stereocenters. The molecule has 26 heavy (non-hydrogen) atoms.